The fraction of sp³-hybridized carbons (Fsp3) is 0.737. The van der Waals surface area contributed by atoms with Crippen LogP contribution in [-0.2, 0) is 14.3 Å². The molecule has 5 atom stereocenters. The molecule has 1 saturated heterocycles. The lowest BCUT2D eigenvalue weighted by Crippen LogP contribution is -2.55. The maximum absolute atomic E-state index is 13.4. The van der Waals surface area contributed by atoms with Gasteiger partial charge < -0.3 is 20.1 Å². The second-order valence-corrected chi connectivity index (χ2v) is 10.0. The number of aromatic nitrogens is 1. The number of carboxylic acid groups (broad SMARTS) is 1. The van der Waals surface area contributed by atoms with E-state index >= 15 is 0 Å². The first kappa shape index (κ1) is 20.1. The minimum Gasteiger partial charge on any atom is -0.480 e. The van der Waals surface area contributed by atoms with E-state index in [1.807, 2.05) is 33.1 Å². The van der Waals surface area contributed by atoms with Crippen LogP contribution in [0.1, 0.15) is 41.5 Å². The molecule has 1 aromatic rings. The lowest BCUT2D eigenvalue weighted by atomic mass is 9.99. The van der Waals surface area contributed by atoms with Gasteiger partial charge in [-0.15, -0.1) is 11.3 Å². The molecule has 1 aliphatic carbocycles. The number of hydrogen-bond donors (Lipinski definition) is 2. The van der Waals surface area contributed by atoms with E-state index in [2.05, 4.69) is 24.1 Å². The second kappa shape index (κ2) is 6.74. The summed E-state index contributed by atoms with van der Waals surface area (Å²) in [5.41, 5.74) is -0.449. The molecular formula is C19H29N3O4S. The molecule has 1 aromatic heterocycles. The Morgan fingerprint density at radius 2 is 2.11 bits per heavy atom. The van der Waals surface area contributed by atoms with Crippen LogP contribution in [0.3, 0.4) is 0 Å². The van der Waals surface area contributed by atoms with Crippen LogP contribution in [0.5, 0.6) is 0 Å². The van der Waals surface area contributed by atoms with Crippen molar-refractivity contribution in [3.8, 4) is 0 Å². The quantitative estimate of drug-likeness (QED) is 0.769. The highest BCUT2D eigenvalue weighted by Crippen LogP contribution is 2.64. The molecular weight excluding hydrogens is 366 g/mol. The summed E-state index contributed by atoms with van der Waals surface area (Å²) in [6.07, 6.45) is 1.22. The number of ether oxygens (including phenoxy) is 1. The summed E-state index contributed by atoms with van der Waals surface area (Å²) < 4.78 is 6.02. The van der Waals surface area contributed by atoms with Crippen molar-refractivity contribution in [3.05, 3.63) is 11.6 Å². The lowest BCUT2D eigenvalue weighted by Gasteiger charge is -2.35. The van der Waals surface area contributed by atoms with Gasteiger partial charge in [0.25, 0.3) is 0 Å². The van der Waals surface area contributed by atoms with Gasteiger partial charge in [-0.1, -0.05) is 13.8 Å². The molecule has 2 fully saturated rings. The number of rotatable bonds is 6. The van der Waals surface area contributed by atoms with Crippen LogP contribution in [0.15, 0.2) is 11.6 Å². The molecule has 1 saturated carbocycles. The normalized spacial score (nSPS) is 28.4. The smallest absolute Gasteiger partial charge is 0.326 e. The maximum atomic E-state index is 13.4. The van der Waals surface area contributed by atoms with E-state index in [4.69, 9.17) is 4.74 Å². The highest BCUT2D eigenvalue weighted by atomic mass is 32.1. The number of thiazole rings is 1. The standard InChI is InChI=1S/C19H29N3O4S/c1-10(26-18(2,3)4)13(21-17-20-7-8-27-17)15(23)22-9-11-12(19(11,5)6)14(22)16(24)25/h7-8,10-14H,9H2,1-6H3,(H,20,21)(H,24,25)/t10-,11+,12+,13+,14+/m1/s1. The Morgan fingerprint density at radius 3 is 2.63 bits per heavy atom. The summed E-state index contributed by atoms with van der Waals surface area (Å²) in [5, 5.41) is 15.4. The minimum absolute atomic E-state index is 0.0123. The van der Waals surface area contributed by atoms with Gasteiger partial charge in [0.1, 0.15) is 12.1 Å². The maximum Gasteiger partial charge on any atom is 0.326 e. The van der Waals surface area contributed by atoms with Gasteiger partial charge in [-0.25, -0.2) is 9.78 Å². The van der Waals surface area contributed by atoms with Gasteiger partial charge >= 0.3 is 5.97 Å². The van der Waals surface area contributed by atoms with Crippen LogP contribution in [0.2, 0.25) is 0 Å². The number of carbonyl (C=O) groups is 2. The highest BCUT2D eigenvalue weighted by molar-refractivity contribution is 7.13. The molecule has 0 aromatic carbocycles. The number of fused-ring (bicyclic) bond motifs is 1. The number of hydrogen-bond acceptors (Lipinski definition) is 6. The molecule has 0 spiro atoms. The zero-order chi connectivity index (χ0) is 20.1. The number of likely N-dealkylation sites (tertiary alicyclic amines) is 1. The van der Waals surface area contributed by atoms with Gasteiger partial charge in [-0.05, 0) is 39.0 Å². The third kappa shape index (κ3) is 3.82. The highest BCUT2D eigenvalue weighted by Gasteiger charge is 2.69. The third-order valence-corrected chi connectivity index (χ3v) is 6.44. The number of nitrogens with one attached hydrogen (secondary N) is 1. The Hall–Kier alpha value is -1.67. The molecule has 3 rings (SSSR count). The third-order valence-electron chi connectivity index (χ3n) is 5.73. The second-order valence-electron chi connectivity index (χ2n) is 9.12. The minimum atomic E-state index is -0.932. The average molecular weight is 396 g/mol. The fourth-order valence-corrected chi connectivity index (χ4v) is 4.97. The van der Waals surface area contributed by atoms with Crippen molar-refractivity contribution >= 4 is 28.3 Å². The van der Waals surface area contributed by atoms with E-state index in [1.54, 1.807) is 6.20 Å². The molecule has 7 nitrogen and oxygen atoms in total. The molecule has 0 unspecified atom stereocenters. The number of amides is 1. The molecule has 2 heterocycles. The van der Waals surface area contributed by atoms with Crippen molar-refractivity contribution in [2.75, 3.05) is 11.9 Å². The van der Waals surface area contributed by atoms with Gasteiger partial charge in [0.2, 0.25) is 5.91 Å². The first-order valence-electron chi connectivity index (χ1n) is 9.30. The first-order chi connectivity index (χ1) is 12.4. The number of carbonyl (C=O) groups excluding carboxylic acids is 1. The zero-order valence-corrected chi connectivity index (χ0v) is 17.5. The van der Waals surface area contributed by atoms with Crippen molar-refractivity contribution in [3.63, 3.8) is 0 Å². The Bertz CT molecular complexity index is 713. The number of nitrogens with zero attached hydrogens (tertiary/aromatic N) is 2. The van der Waals surface area contributed by atoms with Crippen LogP contribution in [0, 0.1) is 17.3 Å². The average Bonchev–Trinajstić information content (AvgIpc) is 2.99. The van der Waals surface area contributed by atoms with Crippen LogP contribution in [0.4, 0.5) is 5.13 Å². The molecule has 8 heteroatoms. The zero-order valence-electron chi connectivity index (χ0n) is 16.7. The summed E-state index contributed by atoms with van der Waals surface area (Å²) in [6, 6.07) is -1.47. The molecule has 2 N–H and O–H groups in total. The van der Waals surface area contributed by atoms with E-state index in [0.717, 1.165) is 0 Å². The van der Waals surface area contributed by atoms with Crippen molar-refractivity contribution in [1.82, 2.24) is 9.88 Å². The number of piperidine rings is 1. The predicted molar refractivity (Wildman–Crippen MR) is 104 cm³/mol. The van der Waals surface area contributed by atoms with Gasteiger partial charge in [0, 0.05) is 24.0 Å². The molecule has 150 valence electrons. The van der Waals surface area contributed by atoms with E-state index < -0.39 is 29.8 Å². The molecule has 0 radical (unpaired) electrons. The topological polar surface area (TPSA) is 91.8 Å². The molecule has 0 bridgehead atoms. The first-order valence-corrected chi connectivity index (χ1v) is 10.2. The van der Waals surface area contributed by atoms with Crippen molar-refractivity contribution < 1.29 is 19.4 Å². The predicted octanol–water partition coefficient (Wildman–Crippen LogP) is 2.69. The Balaban J connectivity index is 1.83. The van der Waals surface area contributed by atoms with Gasteiger partial charge in [0.05, 0.1) is 11.7 Å². The molecule has 1 aliphatic heterocycles. The number of anilines is 1. The van der Waals surface area contributed by atoms with Crippen LogP contribution < -0.4 is 5.32 Å². The summed E-state index contributed by atoms with van der Waals surface area (Å²) in [6.45, 7) is 12.3. The van der Waals surface area contributed by atoms with Gasteiger partial charge in [-0.3, -0.25) is 4.79 Å². The molecule has 1 amide bonds. The molecule has 2 aliphatic rings. The summed E-state index contributed by atoms with van der Waals surface area (Å²) >= 11 is 1.40. The van der Waals surface area contributed by atoms with Gasteiger partial charge in [0.15, 0.2) is 5.13 Å². The van der Waals surface area contributed by atoms with Crippen molar-refractivity contribution in [2.24, 2.45) is 17.3 Å². The monoisotopic (exact) mass is 395 g/mol. The van der Waals surface area contributed by atoms with E-state index in [0.29, 0.717) is 11.7 Å². The van der Waals surface area contributed by atoms with Crippen LogP contribution in [0.25, 0.3) is 0 Å². The lowest BCUT2D eigenvalue weighted by molar-refractivity contribution is -0.153. The fourth-order valence-electron chi connectivity index (χ4n) is 4.41. The summed E-state index contributed by atoms with van der Waals surface area (Å²) in [5.74, 6) is -0.920. The number of carboxylic acids is 1. The van der Waals surface area contributed by atoms with Crippen LogP contribution in [-0.4, -0.2) is 57.2 Å². The van der Waals surface area contributed by atoms with Crippen LogP contribution >= 0.6 is 11.3 Å². The Kier molecular flexibility index (Phi) is 5.01. The number of aliphatic carboxylic acids is 1. The molecule has 27 heavy (non-hydrogen) atoms. The van der Waals surface area contributed by atoms with Crippen molar-refractivity contribution in [1.29, 1.82) is 0 Å². The Morgan fingerprint density at radius 1 is 1.44 bits per heavy atom. The van der Waals surface area contributed by atoms with E-state index in [1.165, 1.54) is 16.2 Å². The van der Waals surface area contributed by atoms with E-state index in [-0.39, 0.29) is 23.2 Å². The Labute approximate surface area is 164 Å². The summed E-state index contributed by atoms with van der Waals surface area (Å²) in [4.78, 5) is 31.0. The summed E-state index contributed by atoms with van der Waals surface area (Å²) in [7, 11) is 0. The van der Waals surface area contributed by atoms with Crippen molar-refractivity contribution in [2.45, 2.75) is 65.3 Å². The SMILES string of the molecule is C[C@@H](OC(C)(C)C)[C@H](Nc1nccs1)C(=O)N1C[C@H]2[C@@H]([C@H]1C(=O)O)C2(C)C. The van der Waals surface area contributed by atoms with Gasteiger partial charge in [-0.2, -0.15) is 0 Å². The van der Waals surface area contributed by atoms with E-state index in [9.17, 15) is 14.7 Å². The largest absolute Gasteiger partial charge is 0.480 e.